The number of nitrogens with zero attached hydrogens (tertiary/aromatic N) is 3. The molecule has 0 radical (unpaired) electrons. The number of ether oxygens (including phenoxy) is 2. The van der Waals surface area contributed by atoms with E-state index in [1.54, 1.807) is 0 Å². The van der Waals surface area contributed by atoms with Gasteiger partial charge in [0.1, 0.15) is 29.7 Å². The van der Waals surface area contributed by atoms with E-state index in [4.69, 9.17) is 21.1 Å². The first kappa shape index (κ1) is 26.4. The summed E-state index contributed by atoms with van der Waals surface area (Å²) in [6.45, 7) is 4.85. The summed E-state index contributed by atoms with van der Waals surface area (Å²) in [5, 5.41) is 6.14. The number of amides is 1. The van der Waals surface area contributed by atoms with Crippen LogP contribution in [0.25, 0.3) is 5.69 Å². The number of anilines is 1. The van der Waals surface area contributed by atoms with E-state index in [1.807, 2.05) is 0 Å². The highest BCUT2D eigenvalue weighted by Gasteiger charge is 2.40. The van der Waals surface area contributed by atoms with Crippen LogP contribution >= 0.6 is 11.6 Å². The first-order valence-electron chi connectivity index (χ1n) is 10.6. The van der Waals surface area contributed by atoms with E-state index in [1.165, 1.54) is 11.5 Å². The van der Waals surface area contributed by atoms with Crippen LogP contribution < -0.4 is 15.7 Å². The molecule has 2 heterocycles. The molecule has 0 aliphatic carbocycles. The summed E-state index contributed by atoms with van der Waals surface area (Å²) < 4.78 is 81.2. The lowest BCUT2D eigenvalue weighted by Crippen LogP contribution is -2.33. The van der Waals surface area contributed by atoms with Gasteiger partial charge in [0.05, 0.1) is 29.4 Å². The van der Waals surface area contributed by atoms with E-state index in [0.717, 1.165) is 18.2 Å². The predicted octanol–water partition coefficient (Wildman–Crippen LogP) is 4.55. The van der Waals surface area contributed by atoms with E-state index in [2.05, 4.69) is 17.0 Å². The highest BCUT2D eigenvalue weighted by atomic mass is 35.5. The summed E-state index contributed by atoms with van der Waals surface area (Å²) >= 11 is 6.00. The Bertz CT molecular complexity index is 1430. The van der Waals surface area contributed by atoms with Crippen LogP contribution in [0.4, 0.5) is 27.6 Å². The van der Waals surface area contributed by atoms with Crippen LogP contribution in [0.2, 0.25) is 5.02 Å². The average Bonchev–Trinajstić information content (AvgIpc) is 3.15. The van der Waals surface area contributed by atoms with Crippen molar-refractivity contribution >= 4 is 23.2 Å². The third kappa shape index (κ3) is 5.23. The highest BCUT2D eigenvalue weighted by Crippen LogP contribution is 2.33. The number of benzene rings is 2. The van der Waals surface area contributed by atoms with Crippen molar-refractivity contribution in [3.63, 3.8) is 0 Å². The Kier molecular flexibility index (Phi) is 7.11. The van der Waals surface area contributed by atoms with Crippen LogP contribution in [-0.2, 0) is 17.9 Å². The van der Waals surface area contributed by atoms with Crippen molar-refractivity contribution in [1.29, 1.82) is 0 Å². The van der Waals surface area contributed by atoms with Gasteiger partial charge in [-0.05, 0) is 36.8 Å². The minimum Gasteiger partial charge on any atom is -0.476 e. The standard InChI is InChI=1S/C23H18ClF5N4O4/c1-3-18(23(27,28)29)37-17-9-16(33-22(35)32-4-5-36-10-19(32)31-33)15(26)8-13(17)21(34)30-20-11(2)6-12(25)7-14(20)24/h3,6-9,18H,1,4-5,10H2,2H3,(H,30,34)/t18-/m0/s1. The zero-order valence-electron chi connectivity index (χ0n) is 19.0. The Hall–Kier alpha value is -3.71. The Labute approximate surface area is 210 Å². The molecule has 0 unspecified atom stereocenters. The molecule has 1 aromatic heterocycles. The van der Waals surface area contributed by atoms with E-state index >= 15 is 4.39 Å². The number of carbonyl (C=O) groups is 1. The smallest absolute Gasteiger partial charge is 0.429 e. The molecule has 1 aliphatic rings. The predicted molar refractivity (Wildman–Crippen MR) is 122 cm³/mol. The van der Waals surface area contributed by atoms with Crippen molar-refractivity contribution in [2.24, 2.45) is 0 Å². The van der Waals surface area contributed by atoms with Gasteiger partial charge in [0.2, 0.25) is 6.10 Å². The highest BCUT2D eigenvalue weighted by molar-refractivity contribution is 6.34. The maximum atomic E-state index is 15.2. The molecule has 0 saturated carbocycles. The molecule has 0 spiro atoms. The monoisotopic (exact) mass is 544 g/mol. The average molecular weight is 545 g/mol. The van der Waals surface area contributed by atoms with E-state index < -0.39 is 52.5 Å². The summed E-state index contributed by atoms with van der Waals surface area (Å²) in [6, 6.07) is 3.34. The molecular formula is C23H18ClF5N4O4. The van der Waals surface area contributed by atoms with Crippen LogP contribution in [0.3, 0.4) is 0 Å². The molecule has 1 amide bonds. The number of fused-ring (bicyclic) bond motifs is 1. The van der Waals surface area contributed by atoms with Gasteiger partial charge < -0.3 is 14.8 Å². The number of aromatic nitrogens is 3. The Morgan fingerprint density at radius 2 is 2.03 bits per heavy atom. The zero-order valence-corrected chi connectivity index (χ0v) is 19.8. The normalized spacial score (nSPS) is 14.1. The van der Waals surface area contributed by atoms with Crippen molar-refractivity contribution in [1.82, 2.24) is 14.3 Å². The fourth-order valence-corrected chi connectivity index (χ4v) is 3.95. The number of carbonyl (C=O) groups excluding carboxylic acids is 1. The van der Waals surface area contributed by atoms with Crippen LogP contribution in [0.1, 0.15) is 21.7 Å². The van der Waals surface area contributed by atoms with E-state index in [0.29, 0.717) is 16.8 Å². The number of halogens is 6. The second-order valence-electron chi connectivity index (χ2n) is 7.96. The molecule has 2 aromatic carbocycles. The number of hydrogen-bond donors (Lipinski definition) is 1. The largest absolute Gasteiger partial charge is 0.476 e. The SMILES string of the molecule is C=C[C@H](Oc1cc(-n2nc3n(c2=O)CCOC3)c(F)cc1C(=O)Nc1c(C)cc(F)cc1Cl)C(F)(F)F. The Morgan fingerprint density at radius 1 is 1.30 bits per heavy atom. The molecule has 37 heavy (non-hydrogen) atoms. The molecule has 0 bridgehead atoms. The zero-order chi connectivity index (χ0) is 27.1. The number of hydrogen-bond acceptors (Lipinski definition) is 5. The summed E-state index contributed by atoms with van der Waals surface area (Å²) in [7, 11) is 0. The number of alkyl halides is 3. The topological polar surface area (TPSA) is 87.4 Å². The van der Waals surface area contributed by atoms with Gasteiger partial charge in [-0.2, -0.15) is 17.9 Å². The maximum Gasteiger partial charge on any atom is 0.429 e. The van der Waals surface area contributed by atoms with Gasteiger partial charge in [-0.25, -0.2) is 13.6 Å². The van der Waals surface area contributed by atoms with Crippen LogP contribution in [0, 0.1) is 18.6 Å². The molecule has 196 valence electrons. The lowest BCUT2D eigenvalue weighted by molar-refractivity contribution is -0.179. The van der Waals surface area contributed by atoms with Gasteiger partial charge >= 0.3 is 11.9 Å². The van der Waals surface area contributed by atoms with Crippen molar-refractivity contribution in [2.75, 3.05) is 11.9 Å². The molecule has 1 atom stereocenters. The first-order valence-corrected chi connectivity index (χ1v) is 11.0. The third-order valence-electron chi connectivity index (χ3n) is 5.43. The summed E-state index contributed by atoms with van der Waals surface area (Å²) in [5.41, 5.74) is -1.81. The fourth-order valence-electron chi connectivity index (χ4n) is 3.65. The third-order valence-corrected chi connectivity index (χ3v) is 5.73. The molecular weight excluding hydrogens is 527 g/mol. The molecule has 1 N–H and O–H groups in total. The van der Waals surface area contributed by atoms with Gasteiger partial charge in [-0.3, -0.25) is 9.36 Å². The number of aryl methyl sites for hydroxylation is 1. The molecule has 0 fully saturated rings. The van der Waals surface area contributed by atoms with Crippen molar-refractivity contribution in [2.45, 2.75) is 32.4 Å². The molecule has 8 nitrogen and oxygen atoms in total. The van der Waals surface area contributed by atoms with Crippen molar-refractivity contribution in [3.8, 4) is 11.4 Å². The minimum absolute atomic E-state index is 0.0297. The molecule has 3 aromatic rings. The van der Waals surface area contributed by atoms with Gasteiger partial charge in [-0.15, -0.1) is 5.10 Å². The van der Waals surface area contributed by atoms with Crippen molar-refractivity contribution in [3.05, 3.63) is 81.0 Å². The Balaban J connectivity index is 1.83. The van der Waals surface area contributed by atoms with Gasteiger partial charge in [0, 0.05) is 6.07 Å². The van der Waals surface area contributed by atoms with Crippen LogP contribution in [0.15, 0.2) is 41.7 Å². The second-order valence-corrected chi connectivity index (χ2v) is 8.37. The van der Waals surface area contributed by atoms with Gasteiger partial charge in [-0.1, -0.05) is 18.2 Å². The van der Waals surface area contributed by atoms with E-state index in [9.17, 15) is 27.2 Å². The van der Waals surface area contributed by atoms with E-state index in [-0.39, 0.29) is 41.9 Å². The minimum atomic E-state index is -4.93. The molecule has 14 heteroatoms. The van der Waals surface area contributed by atoms with Gasteiger partial charge in [0.15, 0.2) is 5.82 Å². The lowest BCUT2D eigenvalue weighted by Gasteiger charge is -2.21. The number of rotatable bonds is 6. The number of nitrogens with one attached hydrogen (secondary N) is 1. The fraction of sp³-hybridized carbons (Fsp3) is 0.261. The molecule has 1 aliphatic heterocycles. The summed E-state index contributed by atoms with van der Waals surface area (Å²) in [5.74, 6) is -3.48. The maximum absolute atomic E-state index is 15.2. The molecule has 0 saturated heterocycles. The second kappa shape index (κ2) is 9.98. The lowest BCUT2D eigenvalue weighted by atomic mass is 10.1. The van der Waals surface area contributed by atoms with Crippen LogP contribution in [0.5, 0.6) is 5.75 Å². The summed E-state index contributed by atoms with van der Waals surface area (Å²) in [6.07, 6.45) is -7.05. The van der Waals surface area contributed by atoms with Crippen molar-refractivity contribution < 1.29 is 36.2 Å². The summed E-state index contributed by atoms with van der Waals surface area (Å²) in [4.78, 5) is 25.8. The quantitative estimate of drug-likeness (QED) is 0.363. The first-order chi connectivity index (χ1) is 17.4. The Morgan fingerprint density at radius 3 is 2.65 bits per heavy atom. The molecule has 4 rings (SSSR count). The van der Waals surface area contributed by atoms with Gasteiger partial charge in [0.25, 0.3) is 5.91 Å². The van der Waals surface area contributed by atoms with Crippen LogP contribution in [-0.4, -0.2) is 39.1 Å².